The Hall–Kier alpha value is -1.03. The van der Waals surface area contributed by atoms with Crippen LogP contribution in [0.15, 0.2) is 17.2 Å². The molecule has 20 heavy (non-hydrogen) atoms. The zero-order valence-corrected chi connectivity index (χ0v) is 13.1. The van der Waals surface area contributed by atoms with Gasteiger partial charge in [0.25, 0.3) is 5.56 Å². The van der Waals surface area contributed by atoms with Crippen LogP contribution in [-0.4, -0.2) is 21.0 Å². The summed E-state index contributed by atoms with van der Waals surface area (Å²) in [5, 5.41) is 3.37. The van der Waals surface area contributed by atoms with Crippen molar-refractivity contribution in [3.8, 4) is 0 Å². The van der Waals surface area contributed by atoms with E-state index >= 15 is 0 Å². The number of halogens is 1. The summed E-state index contributed by atoms with van der Waals surface area (Å²) in [7, 11) is 0. The van der Waals surface area contributed by atoms with Gasteiger partial charge in [0.15, 0.2) is 5.82 Å². The Balaban J connectivity index is 2.23. The van der Waals surface area contributed by atoms with Crippen molar-refractivity contribution in [1.82, 2.24) is 9.55 Å². The number of hydrogen-bond donors (Lipinski definition) is 1. The zero-order valence-electron chi connectivity index (χ0n) is 12.4. The number of aryl methyl sites for hydroxylation is 1. The molecule has 1 heterocycles. The SMILES string of the molecule is CCCn1ccnc(NC2(CCl)CCCC(C)C2)c1=O. The maximum atomic E-state index is 12.4. The lowest BCUT2D eigenvalue weighted by Crippen LogP contribution is -2.46. The van der Waals surface area contributed by atoms with Crippen molar-refractivity contribution in [1.29, 1.82) is 0 Å². The minimum absolute atomic E-state index is 0.0444. The lowest BCUT2D eigenvalue weighted by molar-refractivity contribution is 0.278. The Kier molecular flexibility index (Phi) is 5.08. The van der Waals surface area contributed by atoms with E-state index in [0.29, 0.717) is 17.6 Å². The van der Waals surface area contributed by atoms with Gasteiger partial charge < -0.3 is 9.88 Å². The predicted octanol–water partition coefficient (Wildman–Crippen LogP) is 3.25. The van der Waals surface area contributed by atoms with Gasteiger partial charge in [-0.1, -0.05) is 26.7 Å². The summed E-state index contributed by atoms with van der Waals surface area (Å²) in [6, 6.07) is 0. The summed E-state index contributed by atoms with van der Waals surface area (Å²) in [4.78, 5) is 16.6. The van der Waals surface area contributed by atoms with Crippen LogP contribution < -0.4 is 10.9 Å². The van der Waals surface area contributed by atoms with Gasteiger partial charge in [0, 0.05) is 24.8 Å². The van der Waals surface area contributed by atoms with E-state index in [9.17, 15) is 4.79 Å². The summed E-state index contributed by atoms with van der Waals surface area (Å²) in [5.74, 6) is 1.59. The Morgan fingerprint density at radius 2 is 2.40 bits per heavy atom. The van der Waals surface area contributed by atoms with E-state index in [-0.39, 0.29) is 11.1 Å². The third kappa shape index (κ3) is 3.35. The molecule has 2 rings (SSSR count). The van der Waals surface area contributed by atoms with Crippen molar-refractivity contribution in [2.45, 2.75) is 58.0 Å². The molecule has 0 saturated heterocycles. The zero-order chi connectivity index (χ0) is 14.6. The number of nitrogens with one attached hydrogen (secondary N) is 1. The first-order valence-corrected chi connectivity index (χ1v) is 8.03. The van der Waals surface area contributed by atoms with Gasteiger partial charge in [0.2, 0.25) is 0 Å². The fraction of sp³-hybridized carbons (Fsp3) is 0.733. The predicted molar refractivity (Wildman–Crippen MR) is 83.5 cm³/mol. The van der Waals surface area contributed by atoms with Crippen LogP contribution >= 0.6 is 11.6 Å². The molecule has 1 aromatic heterocycles. The van der Waals surface area contributed by atoms with E-state index in [1.165, 1.54) is 6.42 Å². The minimum atomic E-state index is -0.184. The average molecular weight is 298 g/mol. The molecule has 0 spiro atoms. The van der Waals surface area contributed by atoms with Crippen LogP contribution in [0.4, 0.5) is 5.82 Å². The molecular weight excluding hydrogens is 274 g/mol. The number of aromatic nitrogens is 2. The van der Waals surface area contributed by atoms with Gasteiger partial charge in [-0.2, -0.15) is 0 Å². The highest BCUT2D eigenvalue weighted by molar-refractivity contribution is 6.18. The molecule has 0 amide bonds. The first-order valence-electron chi connectivity index (χ1n) is 7.50. The molecule has 4 nitrogen and oxygen atoms in total. The molecule has 1 saturated carbocycles. The van der Waals surface area contributed by atoms with E-state index < -0.39 is 0 Å². The molecule has 1 aliphatic rings. The fourth-order valence-corrected chi connectivity index (χ4v) is 3.44. The summed E-state index contributed by atoms with van der Waals surface area (Å²) in [5.41, 5.74) is -0.228. The largest absolute Gasteiger partial charge is 0.359 e. The van der Waals surface area contributed by atoms with Gasteiger partial charge in [-0.15, -0.1) is 11.6 Å². The van der Waals surface area contributed by atoms with Crippen LogP contribution in [0, 0.1) is 5.92 Å². The highest BCUT2D eigenvalue weighted by Crippen LogP contribution is 2.35. The number of alkyl halides is 1. The minimum Gasteiger partial charge on any atom is -0.359 e. The molecule has 2 atom stereocenters. The number of nitrogens with zero attached hydrogens (tertiary/aromatic N) is 2. The van der Waals surface area contributed by atoms with Gasteiger partial charge in [-0.25, -0.2) is 4.98 Å². The van der Waals surface area contributed by atoms with Gasteiger partial charge in [-0.3, -0.25) is 4.79 Å². The average Bonchev–Trinajstić information content (AvgIpc) is 2.43. The second-order valence-corrected chi connectivity index (χ2v) is 6.28. The molecule has 0 aromatic carbocycles. The summed E-state index contributed by atoms with van der Waals surface area (Å²) in [6.07, 6.45) is 8.76. The van der Waals surface area contributed by atoms with Crippen LogP contribution in [0.25, 0.3) is 0 Å². The standard InChI is InChI=1S/C15H24ClN3O/c1-3-8-19-9-7-17-13(14(19)20)18-15(11-16)6-4-5-12(2)10-15/h7,9,12H,3-6,8,10-11H2,1-2H3,(H,17,18). The van der Waals surface area contributed by atoms with Crippen molar-refractivity contribution >= 4 is 17.4 Å². The first-order chi connectivity index (χ1) is 9.60. The highest BCUT2D eigenvalue weighted by atomic mass is 35.5. The molecule has 0 aliphatic heterocycles. The lowest BCUT2D eigenvalue weighted by atomic mass is 9.77. The molecule has 2 unspecified atom stereocenters. The number of rotatable bonds is 5. The van der Waals surface area contributed by atoms with E-state index in [0.717, 1.165) is 32.2 Å². The summed E-state index contributed by atoms with van der Waals surface area (Å²) in [6.45, 7) is 5.03. The molecular formula is C15H24ClN3O. The van der Waals surface area contributed by atoms with Crippen LogP contribution in [0.2, 0.25) is 0 Å². The molecule has 0 bridgehead atoms. The molecule has 5 heteroatoms. The van der Waals surface area contributed by atoms with Crippen molar-refractivity contribution in [2.75, 3.05) is 11.2 Å². The van der Waals surface area contributed by atoms with E-state index in [2.05, 4.69) is 24.1 Å². The Morgan fingerprint density at radius 3 is 3.05 bits per heavy atom. The quantitative estimate of drug-likeness (QED) is 0.849. The maximum Gasteiger partial charge on any atom is 0.293 e. The van der Waals surface area contributed by atoms with E-state index in [1.807, 2.05) is 0 Å². The smallest absolute Gasteiger partial charge is 0.293 e. The number of anilines is 1. The molecule has 1 aromatic rings. The molecule has 0 radical (unpaired) electrons. The van der Waals surface area contributed by atoms with Gasteiger partial charge in [0.1, 0.15) is 0 Å². The second kappa shape index (κ2) is 6.61. The van der Waals surface area contributed by atoms with Gasteiger partial charge in [-0.05, 0) is 25.2 Å². The Morgan fingerprint density at radius 1 is 1.60 bits per heavy atom. The van der Waals surface area contributed by atoms with Gasteiger partial charge in [0.05, 0.1) is 5.54 Å². The Labute approximate surface area is 125 Å². The summed E-state index contributed by atoms with van der Waals surface area (Å²) >= 11 is 6.21. The summed E-state index contributed by atoms with van der Waals surface area (Å²) < 4.78 is 1.71. The van der Waals surface area contributed by atoms with Crippen LogP contribution in [0.1, 0.15) is 46.0 Å². The third-order valence-electron chi connectivity index (χ3n) is 4.11. The van der Waals surface area contributed by atoms with E-state index in [4.69, 9.17) is 11.6 Å². The fourth-order valence-electron chi connectivity index (χ4n) is 3.13. The molecule has 1 aliphatic carbocycles. The van der Waals surface area contributed by atoms with Crippen molar-refractivity contribution < 1.29 is 0 Å². The lowest BCUT2D eigenvalue weighted by Gasteiger charge is -2.39. The monoisotopic (exact) mass is 297 g/mol. The van der Waals surface area contributed by atoms with E-state index in [1.54, 1.807) is 17.0 Å². The second-order valence-electron chi connectivity index (χ2n) is 6.01. The van der Waals surface area contributed by atoms with Crippen molar-refractivity contribution in [2.24, 2.45) is 5.92 Å². The first kappa shape index (κ1) is 15.4. The molecule has 1 N–H and O–H groups in total. The van der Waals surface area contributed by atoms with Gasteiger partial charge >= 0.3 is 0 Å². The molecule has 1 fully saturated rings. The third-order valence-corrected chi connectivity index (χ3v) is 4.62. The normalized spacial score (nSPS) is 26.4. The topological polar surface area (TPSA) is 46.9 Å². The van der Waals surface area contributed by atoms with Crippen LogP contribution in [0.5, 0.6) is 0 Å². The highest BCUT2D eigenvalue weighted by Gasteiger charge is 2.35. The Bertz CT molecular complexity index is 502. The van der Waals surface area contributed by atoms with Crippen LogP contribution in [-0.2, 0) is 6.54 Å². The number of hydrogen-bond acceptors (Lipinski definition) is 3. The van der Waals surface area contributed by atoms with Crippen molar-refractivity contribution in [3.05, 3.63) is 22.7 Å². The van der Waals surface area contributed by atoms with Crippen molar-refractivity contribution in [3.63, 3.8) is 0 Å². The molecule has 112 valence electrons. The maximum absolute atomic E-state index is 12.4. The van der Waals surface area contributed by atoms with Crippen LogP contribution in [0.3, 0.4) is 0 Å².